The normalized spacial score (nSPS) is 19.1. The number of carbonyl (C=O) groups excluding carboxylic acids is 1. The van der Waals surface area contributed by atoms with Crippen molar-refractivity contribution in [1.82, 2.24) is 4.90 Å². The molecule has 0 atom stereocenters. The van der Waals surface area contributed by atoms with Crippen LogP contribution in [0.25, 0.3) is 0 Å². The standard InChI is InChI=1S/C17H23NO2/c1-20-16-10-6-13(7-11-16)12-17(19)18(15-8-9-15)14-4-2-3-5-14/h6-7,10-11,14-15H,2-5,8-9,12H2,1H3. The van der Waals surface area contributed by atoms with E-state index in [1.54, 1.807) is 7.11 Å². The minimum Gasteiger partial charge on any atom is -0.497 e. The van der Waals surface area contributed by atoms with Crippen molar-refractivity contribution in [3.63, 3.8) is 0 Å². The highest BCUT2D eigenvalue weighted by Gasteiger charge is 2.37. The van der Waals surface area contributed by atoms with Gasteiger partial charge in [0, 0.05) is 12.1 Å². The second-order valence-corrected chi connectivity index (χ2v) is 6.00. The lowest BCUT2D eigenvalue weighted by molar-refractivity contribution is -0.133. The predicted octanol–water partition coefficient (Wildman–Crippen LogP) is 3.17. The molecule has 3 rings (SSSR count). The molecule has 0 bridgehead atoms. The second kappa shape index (κ2) is 5.86. The van der Waals surface area contributed by atoms with Gasteiger partial charge in [0.2, 0.25) is 5.91 Å². The molecule has 20 heavy (non-hydrogen) atoms. The van der Waals surface area contributed by atoms with Gasteiger partial charge in [0.1, 0.15) is 5.75 Å². The molecule has 0 heterocycles. The number of carbonyl (C=O) groups is 1. The molecule has 0 N–H and O–H groups in total. The van der Waals surface area contributed by atoms with Crippen LogP contribution in [0.4, 0.5) is 0 Å². The van der Waals surface area contributed by atoms with Crippen molar-refractivity contribution in [3.8, 4) is 5.75 Å². The van der Waals surface area contributed by atoms with Gasteiger partial charge in [-0.25, -0.2) is 0 Å². The Morgan fingerprint density at radius 3 is 2.25 bits per heavy atom. The number of ether oxygens (including phenoxy) is 1. The zero-order valence-electron chi connectivity index (χ0n) is 12.2. The summed E-state index contributed by atoms with van der Waals surface area (Å²) in [6.07, 6.45) is 7.88. The Morgan fingerprint density at radius 2 is 1.70 bits per heavy atom. The number of amides is 1. The third-order valence-corrected chi connectivity index (χ3v) is 4.46. The molecule has 0 unspecified atom stereocenters. The van der Waals surface area contributed by atoms with Crippen LogP contribution >= 0.6 is 0 Å². The van der Waals surface area contributed by atoms with Gasteiger partial charge in [-0.15, -0.1) is 0 Å². The van der Waals surface area contributed by atoms with Gasteiger partial charge in [0.25, 0.3) is 0 Å². The molecule has 0 spiro atoms. The minimum atomic E-state index is 0.310. The molecule has 3 heteroatoms. The van der Waals surface area contributed by atoms with E-state index < -0.39 is 0 Å². The summed E-state index contributed by atoms with van der Waals surface area (Å²) in [5.74, 6) is 1.15. The van der Waals surface area contributed by atoms with Gasteiger partial charge in [0.15, 0.2) is 0 Å². The molecule has 108 valence electrons. The smallest absolute Gasteiger partial charge is 0.227 e. The van der Waals surface area contributed by atoms with Crippen molar-refractivity contribution in [2.24, 2.45) is 0 Å². The van der Waals surface area contributed by atoms with Gasteiger partial charge in [-0.05, 0) is 43.4 Å². The van der Waals surface area contributed by atoms with E-state index in [-0.39, 0.29) is 0 Å². The van der Waals surface area contributed by atoms with Crippen LogP contribution in [0.5, 0.6) is 5.75 Å². The first kappa shape index (κ1) is 13.5. The Hall–Kier alpha value is -1.51. The molecule has 1 aromatic carbocycles. The zero-order chi connectivity index (χ0) is 13.9. The van der Waals surface area contributed by atoms with Gasteiger partial charge in [-0.1, -0.05) is 25.0 Å². The van der Waals surface area contributed by atoms with Crippen molar-refractivity contribution in [3.05, 3.63) is 29.8 Å². The molecule has 2 aliphatic rings. The van der Waals surface area contributed by atoms with E-state index in [1.807, 2.05) is 24.3 Å². The number of nitrogens with zero attached hydrogens (tertiary/aromatic N) is 1. The largest absolute Gasteiger partial charge is 0.497 e. The molecule has 2 fully saturated rings. The first-order valence-corrected chi connectivity index (χ1v) is 7.72. The molecule has 0 radical (unpaired) electrons. The van der Waals surface area contributed by atoms with E-state index in [0.717, 1.165) is 11.3 Å². The van der Waals surface area contributed by atoms with Crippen molar-refractivity contribution in [1.29, 1.82) is 0 Å². The van der Waals surface area contributed by atoms with Crippen LogP contribution in [0.2, 0.25) is 0 Å². The van der Waals surface area contributed by atoms with Gasteiger partial charge in [0.05, 0.1) is 13.5 Å². The number of rotatable bonds is 5. The van der Waals surface area contributed by atoms with Crippen LogP contribution in [0.15, 0.2) is 24.3 Å². The van der Waals surface area contributed by atoms with E-state index in [4.69, 9.17) is 4.74 Å². The van der Waals surface area contributed by atoms with Crippen molar-refractivity contribution in [2.45, 2.75) is 57.0 Å². The number of methoxy groups -OCH3 is 1. The van der Waals surface area contributed by atoms with Crippen LogP contribution < -0.4 is 4.74 Å². The van der Waals surface area contributed by atoms with Gasteiger partial charge < -0.3 is 9.64 Å². The monoisotopic (exact) mass is 273 g/mol. The Morgan fingerprint density at radius 1 is 1.10 bits per heavy atom. The van der Waals surface area contributed by atoms with E-state index in [1.165, 1.54) is 38.5 Å². The van der Waals surface area contributed by atoms with Gasteiger partial charge in [-0.3, -0.25) is 4.79 Å². The number of hydrogen-bond acceptors (Lipinski definition) is 2. The highest BCUT2D eigenvalue weighted by Crippen LogP contribution is 2.34. The highest BCUT2D eigenvalue weighted by atomic mass is 16.5. The fourth-order valence-electron chi connectivity index (χ4n) is 3.25. The van der Waals surface area contributed by atoms with Crippen LogP contribution in [-0.2, 0) is 11.2 Å². The van der Waals surface area contributed by atoms with Crippen molar-refractivity contribution in [2.75, 3.05) is 7.11 Å². The zero-order valence-corrected chi connectivity index (χ0v) is 12.2. The molecule has 0 aromatic heterocycles. The summed E-state index contributed by atoms with van der Waals surface area (Å²) in [5, 5.41) is 0. The summed E-state index contributed by atoms with van der Waals surface area (Å²) < 4.78 is 5.16. The maximum atomic E-state index is 12.6. The summed E-state index contributed by atoms with van der Waals surface area (Å²) in [7, 11) is 1.66. The Bertz CT molecular complexity index is 458. The number of benzene rings is 1. The first-order valence-electron chi connectivity index (χ1n) is 7.72. The van der Waals surface area contributed by atoms with Crippen LogP contribution in [0, 0.1) is 0 Å². The van der Waals surface area contributed by atoms with Crippen molar-refractivity contribution >= 4 is 5.91 Å². The van der Waals surface area contributed by atoms with E-state index in [9.17, 15) is 4.79 Å². The summed E-state index contributed by atoms with van der Waals surface area (Å²) >= 11 is 0. The Labute approximate surface area is 120 Å². The summed E-state index contributed by atoms with van der Waals surface area (Å²) in [5.41, 5.74) is 1.08. The quantitative estimate of drug-likeness (QED) is 0.824. The fourth-order valence-corrected chi connectivity index (χ4v) is 3.25. The molecule has 0 aliphatic heterocycles. The maximum absolute atomic E-state index is 12.6. The van der Waals surface area contributed by atoms with Gasteiger partial charge >= 0.3 is 0 Å². The Kier molecular flexibility index (Phi) is 3.95. The lowest BCUT2D eigenvalue weighted by Gasteiger charge is -2.29. The minimum absolute atomic E-state index is 0.310. The van der Waals surface area contributed by atoms with E-state index in [2.05, 4.69) is 4.90 Å². The molecule has 2 saturated carbocycles. The lowest BCUT2D eigenvalue weighted by atomic mass is 10.1. The van der Waals surface area contributed by atoms with Crippen LogP contribution in [-0.4, -0.2) is 30.0 Å². The molecular formula is C17H23NO2. The van der Waals surface area contributed by atoms with Gasteiger partial charge in [-0.2, -0.15) is 0 Å². The molecule has 1 aromatic rings. The molecule has 0 saturated heterocycles. The average molecular weight is 273 g/mol. The third-order valence-electron chi connectivity index (χ3n) is 4.46. The van der Waals surface area contributed by atoms with Crippen LogP contribution in [0.3, 0.4) is 0 Å². The first-order chi connectivity index (χ1) is 9.78. The summed E-state index contributed by atoms with van der Waals surface area (Å²) in [6.45, 7) is 0. The topological polar surface area (TPSA) is 29.5 Å². The average Bonchev–Trinajstić information content (AvgIpc) is 3.14. The SMILES string of the molecule is COc1ccc(CC(=O)N(C2CCCC2)C2CC2)cc1. The lowest BCUT2D eigenvalue weighted by Crippen LogP contribution is -2.41. The summed E-state index contributed by atoms with van der Waals surface area (Å²) in [6, 6.07) is 8.89. The van der Waals surface area contributed by atoms with Crippen LogP contribution in [0.1, 0.15) is 44.1 Å². The second-order valence-electron chi connectivity index (χ2n) is 6.00. The third kappa shape index (κ3) is 2.97. The van der Waals surface area contributed by atoms with E-state index >= 15 is 0 Å². The van der Waals surface area contributed by atoms with Crippen molar-refractivity contribution < 1.29 is 9.53 Å². The van der Waals surface area contributed by atoms with E-state index in [0.29, 0.717) is 24.4 Å². The highest BCUT2D eigenvalue weighted by molar-refractivity contribution is 5.79. The predicted molar refractivity (Wildman–Crippen MR) is 78.8 cm³/mol. The summed E-state index contributed by atoms with van der Waals surface area (Å²) in [4.78, 5) is 14.8. The number of hydrogen-bond donors (Lipinski definition) is 0. The maximum Gasteiger partial charge on any atom is 0.227 e. The molecular weight excluding hydrogens is 250 g/mol. The molecule has 1 amide bonds. The molecule has 3 nitrogen and oxygen atoms in total. The molecule has 2 aliphatic carbocycles. The Balaban J connectivity index is 1.66. The fraction of sp³-hybridized carbons (Fsp3) is 0.588.